The molecular weight excluding hydrogens is 304 g/mol. The van der Waals surface area contributed by atoms with Crippen molar-refractivity contribution in [3.63, 3.8) is 0 Å². The van der Waals surface area contributed by atoms with E-state index in [1.807, 2.05) is 6.92 Å². The molecule has 0 aliphatic rings. The van der Waals surface area contributed by atoms with Crippen LogP contribution in [0.2, 0.25) is 0 Å². The molecule has 0 radical (unpaired) electrons. The van der Waals surface area contributed by atoms with Crippen LogP contribution >= 0.6 is 0 Å². The number of hydrogen-bond acceptors (Lipinski definition) is 6. The molecule has 0 heterocycles. The molecule has 0 saturated carbocycles. The van der Waals surface area contributed by atoms with Gasteiger partial charge in [-0.2, -0.15) is 0 Å². The van der Waals surface area contributed by atoms with Gasteiger partial charge in [-0.3, -0.25) is 0 Å². The predicted octanol–water partition coefficient (Wildman–Crippen LogP) is 0.182. The van der Waals surface area contributed by atoms with Crippen LogP contribution in [0.25, 0.3) is 0 Å². The van der Waals surface area contributed by atoms with E-state index in [9.17, 15) is 0 Å². The maximum atomic E-state index is 8.56. The second-order valence-corrected chi connectivity index (χ2v) is 2.34. The Kier molecular flexibility index (Phi) is 37.7. The van der Waals surface area contributed by atoms with Crippen LogP contribution in [0.15, 0.2) is 0 Å². The van der Waals surface area contributed by atoms with E-state index >= 15 is 0 Å². The van der Waals surface area contributed by atoms with Crippen molar-refractivity contribution in [3.8, 4) is 0 Å². The third-order valence-electron chi connectivity index (χ3n) is 0.372. The van der Waals surface area contributed by atoms with Gasteiger partial charge in [0.25, 0.3) is 0 Å². The summed E-state index contributed by atoms with van der Waals surface area (Å²) in [6, 6.07) is 0.162. The second kappa shape index (κ2) is 25.8. The van der Waals surface area contributed by atoms with Gasteiger partial charge in [0, 0.05) is 12.6 Å². The molecule has 0 fully saturated rings. The summed E-state index contributed by atoms with van der Waals surface area (Å²) in [5.41, 5.74) is 10.2. The van der Waals surface area contributed by atoms with Crippen LogP contribution in [0, 0.1) is 0 Å². The highest BCUT2D eigenvalue weighted by atomic mass is 16.6. The van der Waals surface area contributed by atoms with E-state index in [2.05, 4.69) is 0 Å². The predicted molar refractivity (Wildman–Crippen MR) is 65.3 cm³/mol. The molecule has 0 aliphatic carbocycles. The standard InChI is InChI=1S/C3H10N2.4CH2O3/c1-3(5)2-4;4*2-1(3)4/h3H,2,4-5H2,1H3;4*(H2,2,3,4). The molecule has 0 aromatic carbocycles. The van der Waals surface area contributed by atoms with E-state index in [0.29, 0.717) is 6.54 Å². The van der Waals surface area contributed by atoms with Crippen LogP contribution < -0.4 is 11.5 Å². The van der Waals surface area contributed by atoms with E-state index < -0.39 is 24.6 Å². The highest BCUT2D eigenvalue weighted by Crippen LogP contribution is 1.59. The first kappa shape index (κ1) is 30.8. The maximum absolute atomic E-state index is 8.56. The lowest BCUT2D eigenvalue weighted by molar-refractivity contribution is 0.135. The van der Waals surface area contributed by atoms with Gasteiger partial charge in [0.15, 0.2) is 0 Å². The number of rotatable bonds is 1. The van der Waals surface area contributed by atoms with E-state index in [1.54, 1.807) is 0 Å². The Labute approximate surface area is 117 Å². The second-order valence-electron chi connectivity index (χ2n) is 2.34. The first-order chi connectivity index (χ1) is 9.20. The van der Waals surface area contributed by atoms with Crippen LogP contribution in [-0.4, -0.2) is 78.1 Å². The smallest absolute Gasteiger partial charge is 0.450 e. The van der Waals surface area contributed by atoms with Gasteiger partial charge in [0.1, 0.15) is 0 Å². The molecule has 1 atom stereocenters. The number of hydrogen-bond donors (Lipinski definition) is 10. The van der Waals surface area contributed by atoms with Gasteiger partial charge in [-0.1, -0.05) is 0 Å². The topological polar surface area (TPSA) is 282 Å². The van der Waals surface area contributed by atoms with E-state index in [0.717, 1.165) is 0 Å². The van der Waals surface area contributed by atoms with Crippen LogP contribution in [0.4, 0.5) is 19.2 Å². The number of nitrogens with two attached hydrogens (primary N) is 2. The third-order valence-corrected chi connectivity index (χ3v) is 0.372. The summed E-state index contributed by atoms with van der Waals surface area (Å²) in [7, 11) is 0. The number of carboxylic acid groups (broad SMARTS) is 8. The minimum atomic E-state index is -1.83. The number of carbonyl (C=O) groups is 4. The van der Waals surface area contributed by atoms with Crippen LogP contribution in [0.5, 0.6) is 0 Å². The molecule has 0 bridgehead atoms. The molecule has 14 nitrogen and oxygen atoms in total. The molecule has 0 spiro atoms. The monoisotopic (exact) mass is 322 g/mol. The Morgan fingerprint density at radius 2 is 0.762 bits per heavy atom. The van der Waals surface area contributed by atoms with Crippen molar-refractivity contribution >= 4 is 24.6 Å². The van der Waals surface area contributed by atoms with Crippen molar-refractivity contribution in [1.82, 2.24) is 0 Å². The van der Waals surface area contributed by atoms with Gasteiger partial charge >= 0.3 is 24.6 Å². The average molecular weight is 322 g/mol. The summed E-state index contributed by atoms with van der Waals surface area (Å²) in [4.78, 5) is 34.2. The summed E-state index contributed by atoms with van der Waals surface area (Å²) < 4.78 is 0. The van der Waals surface area contributed by atoms with Crippen LogP contribution in [-0.2, 0) is 0 Å². The minimum absolute atomic E-state index is 0.162. The van der Waals surface area contributed by atoms with Gasteiger partial charge < -0.3 is 52.3 Å². The van der Waals surface area contributed by atoms with Gasteiger partial charge in [0.05, 0.1) is 0 Å². The summed E-state index contributed by atoms with van der Waals surface area (Å²) in [6.07, 6.45) is -7.33. The lowest BCUT2D eigenvalue weighted by atomic mass is 10.4. The fraction of sp³-hybridized carbons (Fsp3) is 0.429. The van der Waals surface area contributed by atoms with Crippen molar-refractivity contribution in [1.29, 1.82) is 0 Å². The fourth-order valence-corrected chi connectivity index (χ4v) is 0. The largest absolute Gasteiger partial charge is 0.503 e. The van der Waals surface area contributed by atoms with Crippen LogP contribution in [0.1, 0.15) is 6.92 Å². The molecule has 0 amide bonds. The molecule has 21 heavy (non-hydrogen) atoms. The van der Waals surface area contributed by atoms with E-state index in [4.69, 9.17) is 71.5 Å². The van der Waals surface area contributed by atoms with Gasteiger partial charge in [-0.15, -0.1) is 0 Å². The fourth-order valence-electron chi connectivity index (χ4n) is 0. The molecule has 14 heteroatoms. The molecule has 12 N–H and O–H groups in total. The summed E-state index contributed by atoms with van der Waals surface area (Å²) in [5, 5.41) is 55.8. The average Bonchev–Trinajstić information content (AvgIpc) is 2.13. The van der Waals surface area contributed by atoms with Gasteiger partial charge in [-0.05, 0) is 6.92 Å². The molecule has 0 aromatic heterocycles. The van der Waals surface area contributed by atoms with Crippen molar-refractivity contribution < 1.29 is 60.0 Å². The normalized spacial score (nSPS) is 8.14. The summed E-state index contributed by atoms with van der Waals surface area (Å²) >= 11 is 0. The van der Waals surface area contributed by atoms with Crippen molar-refractivity contribution in [2.24, 2.45) is 11.5 Å². The first-order valence-electron chi connectivity index (χ1n) is 4.33. The summed E-state index contributed by atoms with van der Waals surface area (Å²) in [5.74, 6) is 0. The molecule has 128 valence electrons. The molecule has 1 unspecified atom stereocenters. The lowest BCUT2D eigenvalue weighted by Crippen LogP contribution is -2.25. The van der Waals surface area contributed by atoms with E-state index in [1.165, 1.54) is 0 Å². The molecule has 0 rings (SSSR count). The lowest BCUT2D eigenvalue weighted by Gasteiger charge is -1.92. The minimum Gasteiger partial charge on any atom is -0.450 e. The molecular formula is C7H18N2O12. The van der Waals surface area contributed by atoms with E-state index in [-0.39, 0.29) is 6.04 Å². The zero-order valence-corrected chi connectivity index (χ0v) is 10.6. The summed E-state index contributed by atoms with van der Waals surface area (Å²) in [6.45, 7) is 2.46. The van der Waals surface area contributed by atoms with Crippen molar-refractivity contribution in [2.75, 3.05) is 6.54 Å². The molecule has 0 aliphatic heterocycles. The first-order valence-corrected chi connectivity index (χ1v) is 4.33. The van der Waals surface area contributed by atoms with Crippen molar-refractivity contribution in [3.05, 3.63) is 0 Å². The Bertz CT molecular complexity index is 215. The zero-order valence-electron chi connectivity index (χ0n) is 10.6. The Morgan fingerprint density at radius 1 is 0.714 bits per heavy atom. The Morgan fingerprint density at radius 3 is 0.762 bits per heavy atom. The highest BCUT2D eigenvalue weighted by molar-refractivity contribution is 5.54. The van der Waals surface area contributed by atoms with Gasteiger partial charge in [-0.25, -0.2) is 19.2 Å². The van der Waals surface area contributed by atoms with Crippen LogP contribution in [0.3, 0.4) is 0 Å². The maximum Gasteiger partial charge on any atom is 0.503 e. The van der Waals surface area contributed by atoms with Gasteiger partial charge in [0.2, 0.25) is 0 Å². The molecule has 0 saturated heterocycles. The zero-order chi connectivity index (χ0) is 18.6. The van der Waals surface area contributed by atoms with Crippen molar-refractivity contribution in [2.45, 2.75) is 13.0 Å². The quantitative estimate of drug-likeness (QED) is 0.308. The SMILES string of the molecule is CC(N)CN.O=C(O)O.O=C(O)O.O=C(O)O.O=C(O)O. The third kappa shape index (κ3) is 3820. The highest BCUT2D eigenvalue weighted by Gasteiger charge is 1.79. The Balaban J connectivity index is -0.0000000510. The molecule has 0 aromatic rings. The Hall–Kier alpha value is -3.00.